The Morgan fingerprint density at radius 3 is 2.65 bits per heavy atom. The number of methoxy groups -OCH3 is 1. The van der Waals surface area contributed by atoms with Gasteiger partial charge in [0.15, 0.2) is 6.29 Å². The highest BCUT2D eigenvalue weighted by atomic mass is 19.4. The van der Waals surface area contributed by atoms with Crippen LogP contribution < -0.4 is 10.2 Å². The Hall–Kier alpha value is -3.10. The summed E-state index contributed by atoms with van der Waals surface area (Å²) < 4.78 is 74.3. The molecule has 0 aliphatic carbocycles. The van der Waals surface area contributed by atoms with Crippen LogP contribution >= 0.6 is 0 Å². The maximum Gasteiger partial charge on any atom is 0.408 e. The lowest BCUT2D eigenvalue weighted by Gasteiger charge is -2.33. The largest absolute Gasteiger partial charge is 0.408 e. The molecule has 218 valence electrons. The third-order valence-corrected chi connectivity index (χ3v) is 7.29. The summed E-state index contributed by atoms with van der Waals surface area (Å²) in [5.41, 5.74) is 0.545. The van der Waals surface area contributed by atoms with E-state index in [4.69, 9.17) is 14.2 Å². The standard InChI is InChI=1S/C26H33F4N7O3/c1-15(40-23-6-4-5-11-39-23)24-33-18-13-32-22(12-19(18)37(24)16(2)26(28,29)30)34-21-7-9-31-25(35-21)36-10-8-20(38-3)17(27)14-36/h7,9,12-13,15-17,20,23H,4-6,8,10-11,14H2,1-3H3,(H,31,32,34,35)/t15-,16+,17+,20-,23?/m1/s1. The third kappa shape index (κ3) is 6.13. The number of alkyl halides is 4. The van der Waals surface area contributed by atoms with Crippen LogP contribution in [-0.2, 0) is 14.2 Å². The highest BCUT2D eigenvalue weighted by molar-refractivity contribution is 5.79. The van der Waals surface area contributed by atoms with Crippen molar-refractivity contribution in [1.82, 2.24) is 24.5 Å². The number of aromatic nitrogens is 5. The highest BCUT2D eigenvalue weighted by Gasteiger charge is 2.40. The van der Waals surface area contributed by atoms with Gasteiger partial charge in [-0.2, -0.15) is 18.2 Å². The minimum absolute atomic E-state index is 0.0929. The van der Waals surface area contributed by atoms with E-state index in [2.05, 4.69) is 25.3 Å². The van der Waals surface area contributed by atoms with E-state index in [-0.39, 0.29) is 23.7 Å². The SMILES string of the molecule is CO[C@@H]1CCN(c2nccc(Nc3cc4c(cn3)nc([C@@H](C)OC3CCCCO3)n4[C@@H](C)C(F)(F)F)n2)C[C@@H]1F. The zero-order valence-corrected chi connectivity index (χ0v) is 22.6. The molecule has 0 bridgehead atoms. The molecule has 0 saturated carbocycles. The number of nitrogens with one attached hydrogen (secondary N) is 1. The Bertz CT molecular complexity index is 1300. The van der Waals surface area contributed by atoms with Crippen LogP contribution in [0.15, 0.2) is 24.5 Å². The molecule has 0 spiro atoms. The predicted molar refractivity (Wildman–Crippen MR) is 139 cm³/mol. The van der Waals surface area contributed by atoms with Gasteiger partial charge in [-0.1, -0.05) is 0 Å². The molecule has 2 aliphatic rings. The number of halogens is 4. The molecule has 3 aromatic rings. The zero-order valence-electron chi connectivity index (χ0n) is 22.6. The minimum Gasteiger partial charge on any atom is -0.378 e. The van der Waals surface area contributed by atoms with E-state index in [1.54, 1.807) is 17.9 Å². The smallest absolute Gasteiger partial charge is 0.378 e. The summed E-state index contributed by atoms with van der Waals surface area (Å²) in [7, 11) is 1.49. The van der Waals surface area contributed by atoms with Crippen molar-refractivity contribution < 1.29 is 31.8 Å². The fourth-order valence-electron chi connectivity index (χ4n) is 5.06. The number of hydrogen-bond acceptors (Lipinski definition) is 9. The van der Waals surface area contributed by atoms with E-state index in [1.165, 1.54) is 25.6 Å². The van der Waals surface area contributed by atoms with E-state index >= 15 is 0 Å². The number of nitrogens with zero attached hydrogens (tertiary/aromatic N) is 6. The molecule has 0 radical (unpaired) electrons. The number of hydrogen-bond donors (Lipinski definition) is 1. The number of imidazole rings is 1. The van der Waals surface area contributed by atoms with Crippen molar-refractivity contribution in [2.24, 2.45) is 0 Å². The topological polar surface area (TPSA) is 99.5 Å². The first-order valence-corrected chi connectivity index (χ1v) is 13.4. The third-order valence-electron chi connectivity index (χ3n) is 7.29. The number of piperidine rings is 1. The van der Waals surface area contributed by atoms with Crippen molar-refractivity contribution in [2.75, 3.05) is 37.0 Å². The van der Waals surface area contributed by atoms with Crippen molar-refractivity contribution in [3.05, 3.63) is 30.4 Å². The molecule has 2 saturated heterocycles. The average Bonchev–Trinajstić information content (AvgIpc) is 3.31. The molecule has 5 atom stereocenters. The van der Waals surface area contributed by atoms with Gasteiger partial charge in [0.05, 0.1) is 24.4 Å². The summed E-state index contributed by atoms with van der Waals surface area (Å²) in [5.74, 6) is 1.10. The Morgan fingerprint density at radius 2 is 1.95 bits per heavy atom. The second-order valence-corrected chi connectivity index (χ2v) is 10.1. The van der Waals surface area contributed by atoms with Gasteiger partial charge in [0, 0.05) is 32.5 Å². The fraction of sp³-hybridized carbons (Fsp3) is 0.615. The molecule has 0 amide bonds. The molecular weight excluding hydrogens is 534 g/mol. The predicted octanol–water partition coefficient (Wildman–Crippen LogP) is 5.26. The Labute approximate surface area is 229 Å². The lowest BCUT2D eigenvalue weighted by molar-refractivity contribution is -0.190. The summed E-state index contributed by atoms with van der Waals surface area (Å²) >= 11 is 0. The molecule has 40 heavy (non-hydrogen) atoms. The van der Waals surface area contributed by atoms with Crippen LogP contribution in [0.1, 0.15) is 57.5 Å². The van der Waals surface area contributed by atoms with Crippen molar-refractivity contribution >= 4 is 28.6 Å². The summed E-state index contributed by atoms with van der Waals surface area (Å²) in [6.07, 6.45) is -1.44. The Morgan fingerprint density at radius 1 is 1.12 bits per heavy atom. The van der Waals surface area contributed by atoms with Gasteiger partial charge in [0.25, 0.3) is 0 Å². The van der Waals surface area contributed by atoms with E-state index in [0.717, 1.165) is 24.3 Å². The zero-order chi connectivity index (χ0) is 28.4. The van der Waals surface area contributed by atoms with Crippen LogP contribution in [0.5, 0.6) is 0 Å². The van der Waals surface area contributed by atoms with Crippen LogP contribution in [0.2, 0.25) is 0 Å². The number of pyridine rings is 1. The molecular formula is C26H33F4N7O3. The second-order valence-electron chi connectivity index (χ2n) is 10.1. The summed E-state index contributed by atoms with van der Waals surface area (Å²) in [6.45, 7) is 3.93. The van der Waals surface area contributed by atoms with Crippen LogP contribution in [0.3, 0.4) is 0 Å². The second kappa shape index (κ2) is 11.8. The van der Waals surface area contributed by atoms with Gasteiger partial charge >= 0.3 is 6.18 Å². The molecule has 3 aromatic heterocycles. The maximum atomic E-state index is 14.4. The normalized spacial score (nSPS) is 23.8. The molecule has 2 fully saturated rings. The van der Waals surface area contributed by atoms with Gasteiger partial charge in [-0.3, -0.25) is 0 Å². The van der Waals surface area contributed by atoms with Crippen LogP contribution in [0.4, 0.5) is 35.1 Å². The van der Waals surface area contributed by atoms with E-state index in [9.17, 15) is 17.6 Å². The first-order valence-electron chi connectivity index (χ1n) is 13.4. The molecule has 5 rings (SSSR count). The first-order chi connectivity index (χ1) is 19.1. The maximum absolute atomic E-state index is 14.4. The summed E-state index contributed by atoms with van der Waals surface area (Å²) in [5, 5.41) is 3.03. The van der Waals surface area contributed by atoms with Crippen LogP contribution in [0.25, 0.3) is 11.0 Å². The fourth-order valence-corrected chi connectivity index (χ4v) is 5.06. The molecule has 10 nitrogen and oxygen atoms in total. The monoisotopic (exact) mass is 567 g/mol. The van der Waals surface area contributed by atoms with Crippen molar-refractivity contribution in [3.63, 3.8) is 0 Å². The lowest BCUT2D eigenvalue weighted by Crippen LogP contribution is -2.46. The van der Waals surface area contributed by atoms with Crippen molar-refractivity contribution in [1.29, 1.82) is 0 Å². The van der Waals surface area contributed by atoms with Gasteiger partial charge in [-0.05, 0) is 45.6 Å². The number of anilines is 3. The highest BCUT2D eigenvalue weighted by Crippen LogP contribution is 2.37. The van der Waals surface area contributed by atoms with E-state index in [0.29, 0.717) is 43.3 Å². The Kier molecular flexibility index (Phi) is 8.38. The van der Waals surface area contributed by atoms with Gasteiger partial charge in [0.2, 0.25) is 5.95 Å². The van der Waals surface area contributed by atoms with E-state index in [1.807, 2.05) is 0 Å². The molecule has 1 unspecified atom stereocenters. The van der Waals surface area contributed by atoms with Crippen molar-refractivity contribution in [2.45, 2.75) is 76.4 Å². The molecule has 2 aliphatic heterocycles. The molecule has 14 heteroatoms. The number of ether oxygens (including phenoxy) is 3. The summed E-state index contributed by atoms with van der Waals surface area (Å²) in [4.78, 5) is 19.3. The number of rotatable bonds is 8. The van der Waals surface area contributed by atoms with E-state index < -0.39 is 36.9 Å². The van der Waals surface area contributed by atoms with Crippen LogP contribution in [-0.4, -0.2) is 76.1 Å². The summed E-state index contributed by atoms with van der Waals surface area (Å²) in [6, 6.07) is 1.24. The quantitative estimate of drug-likeness (QED) is 0.366. The minimum atomic E-state index is -4.52. The number of fused-ring (bicyclic) bond motifs is 1. The van der Waals surface area contributed by atoms with Gasteiger partial charge in [-0.15, -0.1) is 0 Å². The molecule has 1 N–H and O–H groups in total. The molecule has 0 aromatic carbocycles. The molecule has 5 heterocycles. The van der Waals surface area contributed by atoms with Crippen LogP contribution in [0, 0.1) is 0 Å². The first kappa shape index (κ1) is 28.4. The van der Waals surface area contributed by atoms with Gasteiger partial charge in [-0.25, -0.2) is 19.3 Å². The van der Waals surface area contributed by atoms with Crippen molar-refractivity contribution in [3.8, 4) is 0 Å². The average molecular weight is 568 g/mol. The lowest BCUT2D eigenvalue weighted by atomic mass is 10.1. The Balaban J connectivity index is 1.42. The van der Waals surface area contributed by atoms with Gasteiger partial charge < -0.3 is 29.0 Å². The van der Waals surface area contributed by atoms with Gasteiger partial charge in [0.1, 0.15) is 41.3 Å².